The summed E-state index contributed by atoms with van der Waals surface area (Å²) in [6.07, 6.45) is 3.18. The maximum absolute atomic E-state index is 12.5. The highest BCUT2D eigenvalue weighted by molar-refractivity contribution is 6.30. The Morgan fingerprint density at radius 3 is 2.46 bits per heavy atom. The molecule has 0 saturated carbocycles. The number of hydrogen-bond acceptors (Lipinski definition) is 3. The molecule has 6 heteroatoms. The molecule has 0 bridgehead atoms. The fraction of sp³-hybridized carbons (Fsp3) is 0.600. The van der Waals surface area contributed by atoms with Crippen molar-refractivity contribution in [1.82, 2.24) is 9.80 Å². The lowest BCUT2D eigenvalue weighted by Gasteiger charge is -2.49. The van der Waals surface area contributed by atoms with E-state index in [1.807, 2.05) is 29.2 Å². The number of aryl methyl sites for hydroxylation is 1. The number of β-amino-alcohol motifs (C(OH)–C–C–N with tert-alkyl or cyclic N) is 1. The number of carbonyl (C=O) groups excluding carboxylic acids is 2. The van der Waals surface area contributed by atoms with Gasteiger partial charge in [-0.1, -0.05) is 23.7 Å². The molecule has 5 nitrogen and oxygen atoms in total. The molecule has 0 aliphatic carbocycles. The van der Waals surface area contributed by atoms with Gasteiger partial charge in [0.1, 0.15) is 0 Å². The normalized spacial score (nSPS) is 22.5. The highest BCUT2D eigenvalue weighted by Gasteiger charge is 2.42. The summed E-state index contributed by atoms with van der Waals surface area (Å²) in [7, 11) is 0. The number of amides is 2. The fourth-order valence-corrected chi connectivity index (χ4v) is 4.37. The van der Waals surface area contributed by atoms with Crippen molar-refractivity contribution < 1.29 is 14.7 Å². The Balaban J connectivity index is 1.51. The Kier molecular flexibility index (Phi) is 5.88. The molecule has 2 aliphatic rings. The molecule has 3 rings (SSSR count). The smallest absolute Gasteiger partial charge is 0.222 e. The zero-order chi connectivity index (χ0) is 18.7. The molecule has 2 saturated heterocycles. The van der Waals surface area contributed by atoms with E-state index in [1.54, 1.807) is 11.8 Å². The third-order valence-electron chi connectivity index (χ3n) is 5.79. The molecule has 2 heterocycles. The Hall–Kier alpha value is -1.59. The van der Waals surface area contributed by atoms with E-state index in [9.17, 15) is 14.7 Å². The molecule has 0 aromatic heterocycles. The highest BCUT2D eigenvalue weighted by atomic mass is 35.5. The predicted molar refractivity (Wildman–Crippen MR) is 101 cm³/mol. The molecule has 2 aliphatic heterocycles. The lowest BCUT2D eigenvalue weighted by atomic mass is 9.71. The van der Waals surface area contributed by atoms with E-state index in [0.717, 1.165) is 24.8 Å². The number of nitrogens with zero attached hydrogens (tertiary/aromatic N) is 2. The molecule has 2 fully saturated rings. The molecule has 1 aromatic carbocycles. The highest BCUT2D eigenvalue weighted by Crippen LogP contribution is 2.40. The first-order chi connectivity index (χ1) is 12.4. The van der Waals surface area contributed by atoms with Crippen LogP contribution in [0.25, 0.3) is 0 Å². The fourth-order valence-electron chi connectivity index (χ4n) is 4.25. The number of carbonyl (C=O) groups is 2. The van der Waals surface area contributed by atoms with Crippen LogP contribution in [0.2, 0.25) is 5.02 Å². The van der Waals surface area contributed by atoms with Gasteiger partial charge in [0.05, 0.1) is 6.10 Å². The van der Waals surface area contributed by atoms with Crippen LogP contribution < -0.4 is 0 Å². The van der Waals surface area contributed by atoms with Crippen molar-refractivity contribution in [3.8, 4) is 0 Å². The summed E-state index contributed by atoms with van der Waals surface area (Å²) in [6, 6.07) is 7.61. The van der Waals surface area contributed by atoms with Gasteiger partial charge in [0.2, 0.25) is 11.8 Å². The quantitative estimate of drug-likeness (QED) is 0.879. The Morgan fingerprint density at radius 1 is 1.19 bits per heavy atom. The largest absolute Gasteiger partial charge is 0.391 e. The van der Waals surface area contributed by atoms with E-state index in [1.165, 1.54) is 0 Å². The van der Waals surface area contributed by atoms with E-state index < -0.39 is 6.10 Å². The Bertz CT molecular complexity index is 654. The lowest BCUT2D eigenvalue weighted by molar-refractivity contribution is -0.142. The Morgan fingerprint density at radius 2 is 1.85 bits per heavy atom. The Labute approximate surface area is 159 Å². The van der Waals surface area contributed by atoms with Gasteiger partial charge in [-0.05, 0) is 48.8 Å². The summed E-state index contributed by atoms with van der Waals surface area (Å²) in [6.45, 7) is 4.10. The first-order valence-electron chi connectivity index (χ1n) is 9.33. The summed E-state index contributed by atoms with van der Waals surface area (Å²) in [5.41, 5.74) is 1.07. The molecule has 1 N–H and O–H groups in total. The van der Waals surface area contributed by atoms with Crippen LogP contribution in [0.3, 0.4) is 0 Å². The second-order valence-electron chi connectivity index (χ2n) is 7.76. The number of benzene rings is 1. The molecule has 2 amide bonds. The van der Waals surface area contributed by atoms with E-state index in [-0.39, 0.29) is 17.2 Å². The molecule has 1 spiro atoms. The van der Waals surface area contributed by atoms with Crippen molar-refractivity contribution in [2.75, 3.05) is 26.2 Å². The van der Waals surface area contributed by atoms with Crippen molar-refractivity contribution in [1.29, 1.82) is 0 Å². The minimum atomic E-state index is -0.459. The van der Waals surface area contributed by atoms with Crippen molar-refractivity contribution in [2.24, 2.45) is 5.41 Å². The van der Waals surface area contributed by atoms with Crippen LogP contribution in [-0.4, -0.2) is 59.0 Å². The third kappa shape index (κ3) is 4.57. The summed E-state index contributed by atoms with van der Waals surface area (Å²) >= 11 is 5.89. The van der Waals surface area contributed by atoms with Crippen LogP contribution in [0.4, 0.5) is 0 Å². The third-order valence-corrected chi connectivity index (χ3v) is 6.04. The number of rotatable bonds is 3. The van der Waals surface area contributed by atoms with Crippen LogP contribution in [0, 0.1) is 5.41 Å². The zero-order valence-electron chi connectivity index (χ0n) is 15.3. The summed E-state index contributed by atoms with van der Waals surface area (Å²) in [5.74, 6) is 0.194. The number of halogens is 1. The molecule has 0 radical (unpaired) electrons. The van der Waals surface area contributed by atoms with Crippen molar-refractivity contribution in [3.05, 3.63) is 34.9 Å². The van der Waals surface area contributed by atoms with Crippen LogP contribution in [0.15, 0.2) is 24.3 Å². The van der Waals surface area contributed by atoms with E-state index >= 15 is 0 Å². The van der Waals surface area contributed by atoms with Crippen molar-refractivity contribution in [2.45, 2.75) is 45.1 Å². The van der Waals surface area contributed by atoms with E-state index in [4.69, 9.17) is 11.6 Å². The molecular weight excluding hydrogens is 352 g/mol. The second kappa shape index (κ2) is 7.97. The first kappa shape index (κ1) is 19.2. The molecule has 1 aromatic rings. The van der Waals surface area contributed by atoms with Crippen LogP contribution in [0.5, 0.6) is 0 Å². The molecule has 1 atom stereocenters. The molecule has 1 unspecified atom stereocenters. The monoisotopic (exact) mass is 378 g/mol. The number of piperidine rings is 2. The van der Waals surface area contributed by atoms with E-state index in [0.29, 0.717) is 44.0 Å². The van der Waals surface area contributed by atoms with Crippen molar-refractivity contribution >= 4 is 23.4 Å². The number of hydrogen-bond donors (Lipinski definition) is 1. The van der Waals surface area contributed by atoms with Gasteiger partial charge in [-0.3, -0.25) is 9.59 Å². The second-order valence-corrected chi connectivity index (χ2v) is 8.20. The van der Waals surface area contributed by atoms with Crippen molar-refractivity contribution in [3.63, 3.8) is 0 Å². The molecule has 26 heavy (non-hydrogen) atoms. The topological polar surface area (TPSA) is 60.9 Å². The maximum Gasteiger partial charge on any atom is 0.222 e. The molecule has 142 valence electrons. The minimum Gasteiger partial charge on any atom is -0.391 e. The van der Waals surface area contributed by atoms with Gasteiger partial charge in [0.15, 0.2) is 0 Å². The van der Waals surface area contributed by atoms with Gasteiger partial charge < -0.3 is 14.9 Å². The van der Waals surface area contributed by atoms with E-state index in [2.05, 4.69) is 0 Å². The standard InChI is InChI=1S/C20H27ClN2O3/c1-15(24)23-13-18(25)12-20(14-23)8-10-22(11-9-20)19(26)7-4-16-2-5-17(21)6-3-16/h2-3,5-6,18,25H,4,7-14H2,1H3. The van der Waals surface area contributed by atoms with Gasteiger partial charge >= 0.3 is 0 Å². The number of aliphatic hydroxyl groups is 1. The number of aliphatic hydroxyl groups excluding tert-OH is 1. The van der Waals surface area contributed by atoms with Gasteiger partial charge in [-0.25, -0.2) is 0 Å². The summed E-state index contributed by atoms with van der Waals surface area (Å²) < 4.78 is 0. The average Bonchev–Trinajstić information content (AvgIpc) is 2.61. The maximum atomic E-state index is 12.5. The average molecular weight is 379 g/mol. The lowest BCUT2D eigenvalue weighted by Crippen LogP contribution is -2.55. The van der Waals surface area contributed by atoms with Crippen LogP contribution in [0.1, 0.15) is 38.2 Å². The molecular formula is C20H27ClN2O3. The van der Waals surface area contributed by atoms with Gasteiger partial charge in [0, 0.05) is 44.5 Å². The van der Waals surface area contributed by atoms with Crippen LogP contribution in [-0.2, 0) is 16.0 Å². The SMILES string of the molecule is CC(=O)N1CC(O)CC2(CCN(C(=O)CCc3ccc(Cl)cc3)CC2)C1. The summed E-state index contributed by atoms with van der Waals surface area (Å²) in [4.78, 5) is 27.9. The van der Waals surface area contributed by atoms with Crippen LogP contribution >= 0.6 is 11.6 Å². The summed E-state index contributed by atoms with van der Waals surface area (Å²) in [5, 5.41) is 10.9. The predicted octanol–water partition coefficient (Wildman–Crippen LogP) is 2.49. The first-order valence-corrected chi connectivity index (χ1v) is 9.70. The van der Waals surface area contributed by atoms with Gasteiger partial charge in [-0.2, -0.15) is 0 Å². The minimum absolute atomic E-state index is 0.0181. The van der Waals surface area contributed by atoms with Gasteiger partial charge in [0.25, 0.3) is 0 Å². The number of likely N-dealkylation sites (tertiary alicyclic amines) is 2. The van der Waals surface area contributed by atoms with Gasteiger partial charge in [-0.15, -0.1) is 0 Å². The zero-order valence-corrected chi connectivity index (χ0v) is 16.0.